The Bertz CT molecular complexity index is 348. The van der Waals surface area contributed by atoms with Crippen LogP contribution in [0.2, 0.25) is 0 Å². The van der Waals surface area contributed by atoms with Crippen LogP contribution in [0.4, 0.5) is 4.79 Å². The van der Waals surface area contributed by atoms with Gasteiger partial charge in [0.25, 0.3) is 5.91 Å². The van der Waals surface area contributed by atoms with Gasteiger partial charge in [0.2, 0.25) is 5.91 Å². The monoisotopic (exact) mass is 260 g/mol. The van der Waals surface area contributed by atoms with Crippen molar-refractivity contribution in [2.75, 3.05) is 19.7 Å². The molecular formula is C9H16N4O5. The molecule has 102 valence electrons. The van der Waals surface area contributed by atoms with Crippen molar-refractivity contribution in [2.45, 2.75) is 19.4 Å². The summed E-state index contributed by atoms with van der Waals surface area (Å²) in [6, 6.07) is -1.38. The molecule has 0 aromatic carbocycles. The van der Waals surface area contributed by atoms with Gasteiger partial charge in [0.1, 0.15) is 6.04 Å². The van der Waals surface area contributed by atoms with E-state index in [0.29, 0.717) is 5.06 Å². The minimum absolute atomic E-state index is 0.0588. The van der Waals surface area contributed by atoms with E-state index in [1.807, 2.05) is 5.48 Å². The van der Waals surface area contributed by atoms with Crippen LogP contribution in [0.3, 0.4) is 0 Å². The highest BCUT2D eigenvalue weighted by Gasteiger charge is 2.36. The number of amides is 4. The van der Waals surface area contributed by atoms with Crippen LogP contribution in [-0.2, 0) is 14.4 Å². The Morgan fingerprint density at radius 2 is 2.28 bits per heavy atom. The standard InChI is InChI=1S/C9H16N4O5/c1-2-12-6(3-4-13(17)9(12)16)8(15)11-18-5-7(10)14/h6,17H,2-5H2,1H3,(H2,10,14)(H,11,15). The zero-order valence-corrected chi connectivity index (χ0v) is 9.96. The van der Waals surface area contributed by atoms with Crippen LogP contribution in [0.25, 0.3) is 0 Å². The van der Waals surface area contributed by atoms with E-state index in [1.165, 1.54) is 4.90 Å². The fraction of sp³-hybridized carbons (Fsp3) is 0.667. The molecule has 1 saturated heterocycles. The lowest BCUT2D eigenvalue weighted by atomic mass is 10.1. The molecule has 0 aliphatic carbocycles. The maximum Gasteiger partial charge on any atom is 0.344 e. The minimum atomic E-state index is -0.737. The van der Waals surface area contributed by atoms with Crippen LogP contribution in [0.15, 0.2) is 0 Å². The van der Waals surface area contributed by atoms with Gasteiger partial charge >= 0.3 is 6.03 Å². The highest BCUT2D eigenvalue weighted by atomic mass is 16.7. The largest absolute Gasteiger partial charge is 0.368 e. The average molecular weight is 260 g/mol. The Kier molecular flexibility index (Phi) is 4.86. The maximum atomic E-state index is 11.7. The summed E-state index contributed by atoms with van der Waals surface area (Å²) in [6.45, 7) is 1.57. The molecule has 1 fully saturated rings. The van der Waals surface area contributed by atoms with E-state index in [2.05, 4.69) is 4.84 Å². The summed E-state index contributed by atoms with van der Waals surface area (Å²) in [7, 11) is 0. The molecule has 1 heterocycles. The molecule has 0 aromatic rings. The predicted molar refractivity (Wildman–Crippen MR) is 58.0 cm³/mol. The summed E-state index contributed by atoms with van der Waals surface area (Å²) in [4.78, 5) is 39.5. The number of carbonyl (C=O) groups excluding carboxylic acids is 3. The summed E-state index contributed by atoms with van der Waals surface area (Å²) >= 11 is 0. The van der Waals surface area contributed by atoms with Gasteiger partial charge in [0, 0.05) is 6.54 Å². The molecule has 0 saturated carbocycles. The van der Waals surface area contributed by atoms with E-state index in [1.54, 1.807) is 6.92 Å². The van der Waals surface area contributed by atoms with E-state index in [-0.39, 0.29) is 19.5 Å². The number of nitrogens with zero attached hydrogens (tertiary/aromatic N) is 2. The number of likely N-dealkylation sites (N-methyl/N-ethyl adjacent to an activating group) is 1. The number of nitrogens with two attached hydrogens (primary N) is 1. The van der Waals surface area contributed by atoms with Crippen LogP contribution in [0, 0.1) is 0 Å². The molecule has 1 unspecified atom stereocenters. The van der Waals surface area contributed by atoms with E-state index >= 15 is 0 Å². The summed E-state index contributed by atoms with van der Waals surface area (Å²) in [5, 5.41) is 9.80. The summed E-state index contributed by atoms with van der Waals surface area (Å²) < 4.78 is 0. The van der Waals surface area contributed by atoms with Gasteiger partial charge in [0.15, 0.2) is 6.61 Å². The van der Waals surface area contributed by atoms with E-state index in [4.69, 9.17) is 5.73 Å². The molecule has 4 amide bonds. The molecule has 1 aliphatic rings. The quantitative estimate of drug-likeness (QED) is 0.406. The molecule has 1 aliphatic heterocycles. The van der Waals surface area contributed by atoms with Gasteiger partial charge in [-0.15, -0.1) is 0 Å². The molecule has 1 rings (SSSR count). The van der Waals surface area contributed by atoms with Gasteiger partial charge in [-0.2, -0.15) is 0 Å². The molecule has 0 bridgehead atoms. The number of hydroxylamine groups is 3. The van der Waals surface area contributed by atoms with E-state index < -0.39 is 30.5 Å². The molecular weight excluding hydrogens is 244 g/mol. The molecule has 1 atom stereocenters. The lowest BCUT2D eigenvalue weighted by Crippen LogP contribution is -2.58. The molecule has 9 nitrogen and oxygen atoms in total. The van der Waals surface area contributed by atoms with Gasteiger partial charge in [-0.05, 0) is 13.3 Å². The second-order valence-electron chi connectivity index (χ2n) is 3.72. The number of primary amides is 1. The topological polar surface area (TPSA) is 125 Å². The third-order valence-corrected chi connectivity index (χ3v) is 2.49. The lowest BCUT2D eigenvalue weighted by molar-refractivity contribution is -0.146. The first-order valence-electron chi connectivity index (χ1n) is 5.44. The lowest BCUT2D eigenvalue weighted by Gasteiger charge is -2.36. The van der Waals surface area contributed by atoms with Crippen LogP contribution in [-0.4, -0.2) is 58.8 Å². The van der Waals surface area contributed by atoms with Crippen LogP contribution in [0.1, 0.15) is 13.3 Å². The first kappa shape index (κ1) is 14.2. The van der Waals surface area contributed by atoms with Gasteiger partial charge in [-0.1, -0.05) is 0 Å². The number of hydrogen-bond donors (Lipinski definition) is 3. The molecule has 0 spiro atoms. The first-order chi connectivity index (χ1) is 8.47. The Balaban J connectivity index is 2.55. The summed E-state index contributed by atoms with van der Waals surface area (Å²) in [5.41, 5.74) is 6.88. The Morgan fingerprint density at radius 3 is 2.83 bits per heavy atom. The number of rotatable bonds is 5. The second-order valence-corrected chi connectivity index (χ2v) is 3.72. The molecule has 0 aromatic heterocycles. The van der Waals surface area contributed by atoms with Crippen molar-refractivity contribution in [1.82, 2.24) is 15.4 Å². The van der Waals surface area contributed by atoms with Crippen molar-refractivity contribution in [3.63, 3.8) is 0 Å². The third kappa shape index (κ3) is 3.31. The predicted octanol–water partition coefficient (Wildman–Crippen LogP) is -1.58. The van der Waals surface area contributed by atoms with Crippen molar-refractivity contribution < 1.29 is 24.4 Å². The van der Waals surface area contributed by atoms with Crippen LogP contribution >= 0.6 is 0 Å². The average Bonchev–Trinajstić information content (AvgIpc) is 2.31. The van der Waals surface area contributed by atoms with Gasteiger partial charge < -0.3 is 10.6 Å². The zero-order chi connectivity index (χ0) is 13.7. The van der Waals surface area contributed by atoms with Gasteiger partial charge in [-0.25, -0.2) is 15.3 Å². The molecule has 4 N–H and O–H groups in total. The third-order valence-electron chi connectivity index (χ3n) is 2.49. The van der Waals surface area contributed by atoms with Gasteiger partial charge in [-0.3, -0.25) is 19.6 Å². The Labute approximate surface area is 103 Å². The van der Waals surface area contributed by atoms with Crippen LogP contribution < -0.4 is 11.2 Å². The fourth-order valence-corrected chi connectivity index (χ4v) is 1.65. The van der Waals surface area contributed by atoms with Gasteiger partial charge in [0.05, 0.1) is 6.54 Å². The maximum absolute atomic E-state index is 11.7. The minimum Gasteiger partial charge on any atom is -0.368 e. The first-order valence-corrected chi connectivity index (χ1v) is 5.44. The summed E-state index contributed by atoms with van der Waals surface area (Å²) in [6.07, 6.45) is 0.266. The number of urea groups is 1. The Morgan fingerprint density at radius 1 is 1.61 bits per heavy atom. The number of hydrogen-bond acceptors (Lipinski definition) is 5. The van der Waals surface area contributed by atoms with Crippen molar-refractivity contribution in [1.29, 1.82) is 0 Å². The SMILES string of the molecule is CCN1C(=O)N(O)CCC1C(=O)NOCC(N)=O. The number of carbonyl (C=O) groups is 3. The highest BCUT2D eigenvalue weighted by Crippen LogP contribution is 2.14. The van der Waals surface area contributed by atoms with Crippen molar-refractivity contribution >= 4 is 17.8 Å². The van der Waals surface area contributed by atoms with Crippen LogP contribution in [0.5, 0.6) is 0 Å². The molecule has 9 heteroatoms. The zero-order valence-electron chi connectivity index (χ0n) is 9.96. The van der Waals surface area contributed by atoms with Crippen molar-refractivity contribution in [2.24, 2.45) is 5.73 Å². The van der Waals surface area contributed by atoms with Crippen molar-refractivity contribution in [3.05, 3.63) is 0 Å². The van der Waals surface area contributed by atoms with Crippen molar-refractivity contribution in [3.8, 4) is 0 Å². The van der Waals surface area contributed by atoms with E-state index in [9.17, 15) is 19.6 Å². The fourth-order valence-electron chi connectivity index (χ4n) is 1.65. The van der Waals surface area contributed by atoms with E-state index in [0.717, 1.165) is 0 Å². The molecule has 18 heavy (non-hydrogen) atoms. The molecule has 0 radical (unpaired) electrons. The number of nitrogens with one attached hydrogen (secondary N) is 1. The normalized spacial score (nSPS) is 19.9. The Hall–Kier alpha value is -1.87. The second kappa shape index (κ2) is 6.17. The smallest absolute Gasteiger partial charge is 0.344 e. The highest BCUT2D eigenvalue weighted by molar-refractivity contribution is 5.87. The summed E-state index contributed by atoms with van der Waals surface area (Å²) in [5.74, 6) is -1.27.